The van der Waals surface area contributed by atoms with Crippen LogP contribution < -0.4 is 0 Å². The maximum Gasteiger partial charge on any atom is 0.556 e. The highest BCUT2D eigenvalue weighted by molar-refractivity contribution is 6.79. The van der Waals surface area contributed by atoms with Crippen LogP contribution in [0.2, 0.25) is 39.3 Å². The van der Waals surface area contributed by atoms with E-state index in [9.17, 15) is 0 Å². The molecule has 25 heavy (non-hydrogen) atoms. The Kier molecular flexibility index (Phi) is 6.95. The second-order valence-electron chi connectivity index (χ2n) is 8.00. The Balaban J connectivity index is 2.31. The van der Waals surface area contributed by atoms with Crippen molar-refractivity contribution in [3.05, 3.63) is 71.8 Å². The minimum Gasteiger partial charge on any atom is -0.414 e. The average molecular weight is 390 g/mol. The predicted molar refractivity (Wildman–Crippen MR) is 110 cm³/mol. The van der Waals surface area contributed by atoms with E-state index in [0.29, 0.717) is 0 Å². The first-order chi connectivity index (χ1) is 11.6. The van der Waals surface area contributed by atoms with Gasteiger partial charge in [-0.15, -0.1) is 0 Å². The maximum atomic E-state index is 6.50. The van der Waals surface area contributed by atoms with Crippen LogP contribution in [0.15, 0.2) is 60.7 Å². The van der Waals surface area contributed by atoms with E-state index in [4.69, 9.17) is 12.7 Å². The minimum absolute atomic E-state index is 0.177. The van der Waals surface area contributed by atoms with Gasteiger partial charge >= 0.3 is 9.53 Å². The van der Waals surface area contributed by atoms with E-state index in [0.717, 1.165) is 11.1 Å². The summed E-state index contributed by atoms with van der Waals surface area (Å²) in [5.41, 5.74) is 2.24. The van der Waals surface area contributed by atoms with Crippen molar-refractivity contribution < 1.29 is 12.7 Å². The SMILES string of the molecule is C[Si](C)(C)O[Si](OC(c1ccccc1)c1ccccc1)O[Si](C)(C)C. The normalized spacial score (nSPS) is 12.8. The highest BCUT2D eigenvalue weighted by Gasteiger charge is 2.35. The number of hydrogen-bond acceptors (Lipinski definition) is 3. The van der Waals surface area contributed by atoms with Gasteiger partial charge in [-0.3, -0.25) is 0 Å². The van der Waals surface area contributed by atoms with Crippen LogP contribution >= 0.6 is 0 Å². The predicted octanol–water partition coefficient (Wildman–Crippen LogP) is 5.48. The quantitative estimate of drug-likeness (QED) is 0.559. The minimum atomic E-state index is -1.83. The molecule has 0 unspecified atom stereocenters. The summed E-state index contributed by atoms with van der Waals surface area (Å²) in [5, 5.41) is 0. The van der Waals surface area contributed by atoms with Crippen molar-refractivity contribution in [1.29, 1.82) is 0 Å². The van der Waals surface area contributed by atoms with Crippen LogP contribution in [0.4, 0.5) is 0 Å². The van der Waals surface area contributed by atoms with E-state index in [-0.39, 0.29) is 6.10 Å². The summed E-state index contributed by atoms with van der Waals surface area (Å²) in [6.07, 6.45) is -0.177. The van der Waals surface area contributed by atoms with Gasteiger partial charge in [0.05, 0.1) is 0 Å². The lowest BCUT2D eigenvalue weighted by Crippen LogP contribution is -2.45. The monoisotopic (exact) mass is 389 g/mol. The first kappa shape index (κ1) is 20.3. The molecule has 2 aromatic rings. The summed E-state index contributed by atoms with van der Waals surface area (Å²) in [4.78, 5) is 0. The van der Waals surface area contributed by atoms with Crippen LogP contribution in [-0.4, -0.2) is 26.2 Å². The second kappa shape index (κ2) is 8.57. The van der Waals surface area contributed by atoms with Crippen molar-refractivity contribution in [3.8, 4) is 0 Å². The van der Waals surface area contributed by atoms with Gasteiger partial charge in [0, 0.05) is 0 Å². The molecule has 0 amide bonds. The van der Waals surface area contributed by atoms with Crippen molar-refractivity contribution in [3.63, 3.8) is 0 Å². The Morgan fingerprint density at radius 2 is 1.00 bits per heavy atom. The van der Waals surface area contributed by atoms with E-state index >= 15 is 0 Å². The molecule has 0 saturated carbocycles. The third-order valence-electron chi connectivity index (χ3n) is 3.20. The third-order valence-corrected chi connectivity index (χ3v) is 9.86. The van der Waals surface area contributed by atoms with Gasteiger partial charge < -0.3 is 12.7 Å². The lowest BCUT2D eigenvalue weighted by atomic mass is 10.0. The zero-order valence-corrected chi connectivity index (χ0v) is 19.1. The molecule has 0 fully saturated rings. The summed E-state index contributed by atoms with van der Waals surface area (Å²) in [6, 6.07) is 20.6. The third kappa shape index (κ3) is 7.39. The molecule has 0 aliphatic heterocycles. The number of benzene rings is 2. The fourth-order valence-electron chi connectivity index (χ4n) is 2.25. The van der Waals surface area contributed by atoms with E-state index in [1.54, 1.807) is 0 Å². The van der Waals surface area contributed by atoms with Crippen molar-refractivity contribution >= 4 is 26.2 Å². The highest BCUT2D eigenvalue weighted by Crippen LogP contribution is 2.28. The van der Waals surface area contributed by atoms with Gasteiger partial charge in [-0.05, 0) is 50.4 Å². The fourth-order valence-corrected chi connectivity index (χ4v) is 7.64. The molecule has 0 spiro atoms. The van der Waals surface area contributed by atoms with Gasteiger partial charge in [-0.2, -0.15) is 0 Å². The van der Waals surface area contributed by atoms with Gasteiger partial charge in [-0.25, -0.2) is 0 Å². The molecule has 3 nitrogen and oxygen atoms in total. The van der Waals surface area contributed by atoms with Crippen LogP contribution in [-0.2, 0) is 12.7 Å². The van der Waals surface area contributed by atoms with Crippen LogP contribution in [0.1, 0.15) is 17.2 Å². The molecule has 0 N–H and O–H groups in total. The fraction of sp³-hybridized carbons (Fsp3) is 0.368. The lowest BCUT2D eigenvalue weighted by Gasteiger charge is -2.31. The smallest absolute Gasteiger partial charge is 0.414 e. The number of hydrogen-bond donors (Lipinski definition) is 0. The molecule has 1 radical (unpaired) electrons. The second-order valence-corrected chi connectivity index (χ2v) is 18.8. The van der Waals surface area contributed by atoms with Gasteiger partial charge in [0.15, 0.2) is 16.6 Å². The zero-order chi connectivity index (χ0) is 18.5. The molecule has 135 valence electrons. The lowest BCUT2D eigenvalue weighted by molar-refractivity contribution is 0.153. The van der Waals surface area contributed by atoms with Crippen LogP contribution in [0.25, 0.3) is 0 Å². The van der Waals surface area contributed by atoms with Crippen LogP contribution in [0.3, 0.4) is 0 Å². The van der Waals surface area contributed by atoms with E-state index in [2.05, 4.69) is 63.5 Å². The molecular formula is C19H29O3Si3. The number of rotatable bonds is 8. The van der Waals surface area contributed by atoms with E-state index in [1.807, 2.05) is 36.4 Å². The van der Waals surface area contributed by atoms with Gasteiger partial charge in [0.1, 0.15) is 6.10 Å². The Morgan fingerprint density at radius 1 is 0.640 bits per heavy atom. The van der Waals surface area contributed by atoms with Crippen molar-refractivity contribution in [2.24, 2.45) is 0 Å². The van der Waals surface area contributed by atoms with Crippen LogP contribution in [0.5, 0.6) is 0 Å². The molecule has 0 aromatic heterocycles. The summed E-state index contributed by atoms with van der Waals surface area (Å²) < 4.78 is 19.1. The van der Waals surface area contributed by atoms with Crippen molar-refractivity contribution in [2.75, 3.05) is 0 Å². The van der Waals surface area contributed by atoms with E-state index < -0.39 is 26.2 Å². The Labute approximate surface area is 156 Å². The Bertz CT molecular complexity index is 581. The Morgan fingerprint density at radius 3 is 1.32 bits per heavy atom. The standard InChI is InChI=1S/C19H29O3Si3/c1-24(2,3)21-23(22-25(4,5)6)20-19(17-13-9-7-10-14-17)18-15-11-8-12-16-18/h7-16,19H,1-6H3. The average Bonchev–Trinajstić information content (AvgIpc) is 2.51. The molecule has 0 bridgehead atoms. The summed E-state index contributed by atoms with van der Waals surface area (Å²) in [5.74, 6) is 0. The van der Waals surface area contributed by atoms with Gasteiger partial charge in [0.25, 0.3) is 0 Å². The van der Waals surface area contributed by atoms with E-state index in [1.165, 1.54) is 0 Å². The topological polar surface area (TPSA) is 27.7 Å². The van der Waals surface area contributed by atoms with Crippen molar-refractivity contribution in [1.82, 2.24) is 0 Å². The molecule has 2 aromatic carbocycles. The summed E-state index contributed by atoms with van der Waals surface area (Å²) in [6.45, 7) is 13.1. The largest absolute Gasteiger partial charge is 0.556 e. The molecule has 0 aliphatic carbocycles. The summed E-state index contributed by atoms with van der Waals surface area (Å²) in [7, 11) is -5.37. The van der Waals surface area contributed by atoms with Crippen molar-refractivity contribution in [2.45, 2.75) is 45.4 Å². The molecule has 6 heteroatoms. The zero-order valence-electron chi connectivity index (χ0n) is 16.1. The summed E-state index contributed by atoms with van der Waals surface area (Å²) >= 11 is 0. The highest BCUT2D eigenvalue weighted by atomic mass is 28.5. The molecular weight excluding hydrogens is 360 g/mol. The van der Waals surface area contributed by atoms with Gasteiger partial charge in [0.2, 0.25) is 0 Å². The molecule has 0 aliphatic rings. The molecule has 0 saturated heterocycles. The van der Waals surface area contributed by atoms with Gasteiger partial charge in [-0.1, -0.05) is 60.7 Å². The molecule has 0 heterocycles. The first-order valence-corrected chi connectivity index (χ1v) is 16.7. The molecule has 0 atom stereocenters. The van der Waals surface area contributed by atoms with Crippen LogP contribution in [0, 0.1) is 0 Å². The first-order valence-electron chi connectivity index (χ1n) is 8.66. The Hall–Kier alpha value is -1.03. The maximum absolute atomic E-state index is 6.50. The molecule has 2 rings (SSSR count).